The zero-order chi connectivity index (χ0) is 14.8. The first-order chi connectivity index (χ1) is 9.63. The number of aliphatic hydroxyl groups excluding tert-OH is 1. The van der Waals surface area contributed by atoms with Crippen LogP contribution < -0.4 is 5.32 Å². The van der Waals surface area contributed by atoms with Gasteiger partial charge in [0.25, 0.3) is 0 Å². The molecule has 0 aliphatic carbocycles. The second-order valence-electron chi connectivity index (χ2n) is 4.81. The van der Waals surface area contributed by atoms with Gasteiger partial charge in [0.05, 0.1) is 30.5 Å². The summed E-state index contributed by atoms with van der Waals surface area (Å²) in [4.78, 5) is 5.47. The second-order valence-corrected chi connectivity index (χ2v) is 7.07. The zero-order valence-corrected chi connectivity index (χ0v) is 14.2. The van der Waals surface area contributed by atoms with Gasteiger partial charge in [-0.2, -0.15) is 11.8 Å². The summed E-state index contributed by atoms with van der Waals surface area (Å²) in [6, 6.07) is 0.425. The van der Waals surface area contributed by atoms with E-state index in [4.69, 9.17) is 4.74 Å². The zero-order valence-electron chi connectivity index (χ0n) is 12.6. The van der Waals surface area contributed by atoms with Gasteiger partial charge in [-0.3, -0.25) is 0 Å². The van der Waals surface area contributed by atoms with Crippen LogP contribution in [0.25, 0.3) is 0 Å². The minimum Gasteiger partial charge on any atom is -0.389 e. The molecule has 0 amide bonds. The van der Waals surface area contributed by atoms with E-state index >= 15 is 0 Å². The van der Waals surface area contributed by atoms with Crippen molar-refractivity contribution < 1.29 is 9.84 Å². The summed E-state index contributed by atoms with van der Waals surface area (Å²) in [7, 11) is 0. The van der Waals surface area contributed by atoms with Crippen molar-refractivity contribution in [1.82, 2.24) is 10.3 Å². The van der Waals surface area contributed by atoms with Gasteiger partial charge in [-0.25, -0.2) is 4.98 Å². The SMILES string of the molecule is CCSCC(C)NCC(O)COCCc1scnc1C. The van der Waals surface area contributed by atoms with Crippen LogP contribution >= 0.6 is 23.1 Å². The van der Waals surface area contributed by atoms with Crippen molar-refractivity contribution in [3.05, 3.63) is 16.1 Å². The number of nitrogens with one attached hydrogen (secondary N) is 1. The Hall–Kier alpha value is -0.140. The van der Waals surface area contributed by atoms with Crippen molar-refractivity contribution in [1.29, 1.82) is 0 Å². The Morgan fingerprint density at radius 2 is 2.35 bits per heavy atom. The maximum atomic E-state index is 9.83. The molecule has 2 unspecified atom stereocenters. The van der Waals surface area contributed by atoms with Crippen molar-refractivity contribution in [3.63, 3.8) is 0 Å². The number of hydrogen-bond acceptors (Lipinski definition) is 6. The predicted octanol–water partition coefficient (Wildman–Crippen LogP) is 2.10. The first kappa shape index (κ1) is 17.9. The molecule has 1 heterocycles. The summed E-state index contributed by atoms with van der Waals surface area (Å²) >= 11 is 3.57. The first-order valence-corrected chi connectivity index (χ1v) is 9.12. The number of nitrogens with zero attached hydrogens (tertiary/aromatic N) is 1. The molecule has 116 valence electrons. The molecule has 6 heteroatoms. The number of hydrogen-bond donors (Lipinski definition) is 2. The van der Waals surface area contributed by atoms with Crippen LogP contribution in [0, 0.1) is 6.92 Å². The molecule has 0 aromatic carbocycles. The van der Waals surface area contributed by atoms with Gasteiger partial charge >= 0.3 is 0 Å². The number of thiazole rings is 1. The fourth-order valence-electron chi connectivity index (χ4n) is 1.70. The highest BCUT2D eigenvalue weighted by Crippen LogP contribution is 2.12. The van der Waals surface area contributed by atoms with Crippen LogP contribution in [-0.2, 0) is 11.2 Å². The number of aromatic nitrogens is 1. The molecule has 4 nitrogen and oxygen atoms in total. The lowest BCUT2D eigenvalue weighted by atomic mass is 10.3. The van der Waals surface area contributed by atoms with Crippen molar-refractivity contribution >= 4 is 23.1 Å². The standard InChI is InChI=1S/C14H26N2O2S2/c1-4-19-9-11(2)15-7-13(17)8-18-6-5-14-12(3)16-10-20-14/h10-11,13,15,17H,4-9H2,1-3H3. The average Bonchev–Trinajstić information content (AvgIpc) is 2.84. The minimum atomic E-state index is -0.438. The van der Waals surface area contributed by atoms with E-state index in [1.165, 1.54) is 4.88 Å². The second kappa shape index (κ2) is 10.6. The van der Waals surface area contributed by atoms with Gasteiger partial charge in [-0.15, -0.1) is 11.3 Å². The smallest absolute Gasteiger partial charge is 0.0897 e. The van der Waals surface area contributed by atoms with E-state index in [9.17, 15) is 5.11 Å². The third kappa shape index (κ3) is 7.59. The molecular weight excluding hydrogens is 292 g/mol. The lowest BCUT2D eigenvalue weighted by Gasteiger charge is -2.16. The van der Waals surface area contributed by atoms with Crippen LogP contribution in [0.4, 0.5) is 0 Å². The number of thioether (sulfide) groups is 1. The van der Waals surface area contributed by atoms with E-state index in [0.29, 0.717) is 25.8 Å². The van der Waals surface area contributed by atoms with Gasteiger partial charge < -0.3 is 15.2 Å². The van der Waals surface area contributed by atoms with Gasteiger partial charge in [0.2, 0.25) is 0 Å². The fourth-order valence-corrected chi connectivity index (χ4v) is 3.17. The topological polar surface area (TPSA) is 54.4 Å². The van der Waals surface area contributed by atoms with Gasteiger partial charge in [0, 0.05) is 29.6 Å². The minimum absolute atomic E-state index is 0.387. The molecule has 0 saturated carbocycles. The van der Waals surface area contributed by atoms with Gasteiger partial charge in [-0.05, 0) is 19.6 Å². The Bertz CT molecular complexity index is 361. The van der Waals surface area contributed by atoms with Crippen molar-refractivity contribution in [2.45, 2.75) is 39.3 Å². The predicted molar refractivity (Wildman–Crippen MR) is 87.8 cm³/mol. The van der Waals surface area contributed by atoms with E-state index in [0.717, 1.165) is 23.6 Å². The summed E-state index contributed by atoms with van der Waals surface area (Å²) in [6.07, 6.45) is 0.437. The van der Waals surface area contributed by atoms with Gasteiger partial charge in [0.1, 0.15) is 0 Å². The van der Waals surface area contributed by atoms with Gasteiger partial charge in [0.15, 0.2) is 0 Å². The lowest BCUT2D eigenvalue weighted by molar-refractivity contribution is 0.0377. The van der Waals surface area contributed by atoms with Crippen LogP contribution in [0.3, 0.4) is 0 Å². The highest BCUT2D eigenvalue weighted by atomic mass is 32.2. The van der Waals surface area contributed by atoms with Crippen LogP contribution in [0.5, 0.6) is 0 Å². The average molecular weight is 319 g/mol. The maximum Gasteiger partial charge on any atom is 0.0897 e. The third-order valence-corrected chi connectivity index (χ3v) is 5.04. The Morgan fingerprint density at radius 1 is 1.55 bits per heavy atom. The molecule has 0 radical (unpaired) electrons. The molecule has 0 bridgehead atoms. The van der Waals surface area contributed by atoms with E-state index in [1.54, 1.807) is 11.3 Å². The summed E-state index contributed by atoms with van der Waals surface area (Å²) in [5.74, 6) is 2.21. The van der Waals surface area contributed by atoms with Crippen LogP contribution in [0.1, 0.15) is 24.4 Å². The molecule has 0 spiro atoms. The number of aryl methyl sites for hydroxylation is 1. The van der Waals surface area contributed by atoms with Crippen LogP contribution in [-0.4, -0.2) is 53.5 Å². The molecule has 1 aromatic heterocycles. The molecule has 0 aliphatic rings. The number of aliphatic hydroxyl groups is 1. The maximum absolute atomic E-state index is 9.83. The Kier molecular flexibility index (Phi) is 9.46. The van der Waals surface area contributed by atoms with E-state index in [1.807, 2.05) is 24.2 Å². The van der Waals surface area contributed by atoms with E-state index in [-0.39, 0.29) is 0 Å². The quantitative estimate of drug-likeness (QED) is 0.612. The highest BCUT2D eigenvalue weighted by Gasteiger charge is 2.08. The van der Waals surface area contributed by atoms with Crippen molar-refractivity contribution in [2.24, 2.45) is 0 Å². The Morgan fingerprint density at radius 3 is 3.00 bits per heavy atom. The van der Waals surface area contributed by atoms with Crippen molar-refractivity contribution in [3.8, 4) is 0 Å². The molecule has 0 saturated heterocycles. The molecule has 2 N–H and O–H groups in total. The molecule has 20 heavy (non-hydrogen) atoms. The molecule has 0 aliphatic heterocycles. The highest BCUT2D eigenvalue weighted by molar-refractivity contribution is 7.99. The van der Waals surface area contributed by atoms with E-state index < -0.39 is 6.10 Å². The molecule has 1 rings (SSSR count). The number of ether oxygens (including phenoxy) is 1. The summed E-state index contributed by atoms with van der Waals surface area (Å²) < 4.78 is 5.52. The summed E-state index contributed by atoms with van der Waals surface area (Å²) in [6.45, 7) is 7.93. The monoisotopic (exact) mass is 318 g/mol. The largest absolute Gasteiger partial charge is 0.389 e. The lowest BCUT2D eigenvalue weighted by Crippen LogP contribution is -2.37. The molecule has 2 atom stereocenters. The normalized spacial score (nSPS) is 14.4. The fraction of sp³-hybridized carbons (Fsp3) is 0.786. The van der Waals surface area contributed by atoms with Crippen LogP contribution in [0.2, 0.25) is 0 Å². The number of rotatable bonds is 11. The first-order valence-electron chi connectivity index (χ1n) is 7.09. The Balaban J connectivity index is 2.02. The third-order valence-electron chi connectivity index (χ3n) is 2.90. The summed E-state index contributed by atoms with van der Waals surface area (Å²) in [5.41, 5.74) is 2.95. The van der Waals surface area contributed by atoms with E-state index in [2.05, 4.69) is 24.1 Å². The molecule has 0 fully saturated rings. The van der Waals surface area contributed by atoms with Crippen LogP contribution in [0.15, 0.2) is 5.51 Å². The van der Waals surface area contributed by atoms with Crippen molar-refractivity contribution in [2.75, 3.05) is 31.3 Å². The molecular formula is C14H26N2O2S2. The van der Waals surface area contributed by atoms with Gasteiger partial charge in [-0.1, -0.05) is 6.92 Å². The summed E-state index contributed by atoms with van der Waals surface area (Å²) in [5, 5.41) is 13.2. The molecule has 1 aromatic rings. The Labute approximate surface area is 130 Å².